The molecule has 190 valence electrons. The maximum absolute atomic E-state index is 15.6. The van der Waals surface area contributed by atoms with E-state index < -0.39 is 56.9 Å². The van der Waals surface area contributed by atoms with Crippen LogP contribution in [0.25, 0.3) is 11.1 Å². The number of sulfonamides is 1. The van der Waals surface area contributed by atoms with E-state index in [1.165, 1.54) is 29.2 Å². The van der Waals surface area contributed by atoms with E-state index in [1.54, 1.807) is 39.0 Å². The number of amides is 1. The normalized spacial score (nSPS) is 21.4. The van der Waals surface area contributed by atoms with Gasteiger partial charge >= 0.3 is 6.09 Å². The molecular formula is C25H29F3N2O4S. The van der Waals surface area contributed by atoms with Crippen LogP contribution in [0, 0.1) is 17.0 Å². The molecule has 2 atom stereocenters. The van der Waals surface area contributed by atoms with Crippen LogP contribution in [-0.2, 0) is 21.2 Å². The number of benzene rings is 2. The van der Waals surface area contributed by atoms with Crippen LogP contribution in [0.4, 0.5) is 18.0 Å². The predicted octanol–water partition coefficient (Wildman–Crippen LogP) is 4.79. The lowest BCUT2D eigenvalue weighted by Crippen LogP contribution is -2.50. The lowest BCUT2D eigenvalue weighted by molar-refractivity contribution is 0.0213. The average Bonchev–Trinajstić information content (AvgIpc) is 3.49. The Bertz CT molecular complexity index is 1230. The molecule has 6 nitrogen and oxygen atoms in total. The number of rotatable bonds is 6. The highest BCUT2D eigenvalue weighted by Gasteiger charge is 2.62. The number of halogens is 3. The van der Waals surface area contributed by atoms with E-state index in [4.69, 9.17) is 4.74 Å². The Morgan fingerprint density at radius 3 is 2.46 bits per heavy atom. The van der Waals surface area contributed by atoms with E-state index in [0.717, 1.165) is 0 Å². The van der Waals surface area contributed by atoms with Crippen molar-refractivity contribution in [3.05, 3.63) is 59.7 Å². The van der Waals surface area contributed by atoms with E-state index in [-0.39, 0.29) is 24.1 Å². The van der Waals surface area contributed by atoms with Gasteiger partial charge in [-0.25, -0.2) is 31.1 Å². The molecule has 2 aromatic rings. The first-order valence-corrected chi connectivity index (χ1v) is 13.1. The topological polar surface area (TPSA) is 75.7 Å². The van der Waals surface area contributed by atoms with E-state index in [2.05, 4.69) is 4.72 Å². The molecule has 2 fully saturated rings. The zero-order valence-electron chi connectivity index (χ0n) is 19.9. The number of carbonyl (C=O) groups is 1. The number of likely N-dealkylation sites (tertiary alicyclic amines) is 1. The summed E-state index contributed by atoms with van der Waals surface area (Å²) in [5, 5.41) is 0. The van der Waals surface area contributed by atoms with Crippen molar-refractivity contribution in [2.24, 2.45) is 5.41 Å². The number of hydrogen-bond donors (Lipinski definition) is 1. The fourth-order valence-corrected chi connectivity index (χ4v) is 5.65. The molecule has 4 rings (SSSR count). The fourth-order valence-electron chi connectivity index (χ4n) is 4.79. The van der Waals surface area contributed by atoms with Crippen LogP contribution >= 0.6 is 0 Å². The number of nitrogens with one attached hydrogen (secondary N) is 1. The number of nitrogens with zero attached hydrogens (tertiary/aromatic N) is 1. The van der Waals surface area contributed by atoms with Crippen LogP contribution in [0.2, 0.25) is 0 Å². The Morgan fingerprint density at radius 1 is 1.17 bits per heavy atom. The van der Waals surface area contributed by atoms with Crippen LogP contribution in [-0.4, -0.2) is 49.6 Å². The Morgan fingerprint density at radius 2 is 1.86 bits per heavy atom. The predicted molar refractivity (Wildman–Crippen MR) is 126 cm³/mol. The second-order valence-corrected chi connectivity index (χ2v) is 12.0. The summed E-state index contributed by atoms with van der Waals surface area (Å²) >= 11 is 0. The highest BCUT2D eigenvalue weighted by atomic mass is 32.2. The second kappa shape index (κ2) is 9.13. The van der Waals surface area contributed by atoms with Gasteiger partial charge in [-0.1, -0.05) is 30.3 Å². The molecule has 1 spiro atoms. The zero-order chi connectivity index (χ0) is 25.6. The first-order valence-electron chi connectivity index (χ1n) is 11.4. The van der Waals surface area contributed by atoms with Gasteiger partial charge in [0.05, 0.1) is 12.1 Å². The fraction of sp³-hybridized carbons (Fsp3) is 0.480. The van der Waals surface area contributed by atoms with Crippen molar-refractivity contribution in [2.75, 3.05) is 12.6 Å². The molecule has 1 aliphatic heterocycles. The van der Waals surface area contributed by atoms with Gasteiger partial charge in [-0.15, -0.1) is 0 Å². The van der Waals surface area contributed by atoms with Crippen molar-refractivity contribution >= 4 is 16.1 Å². The van der Waals surface area contributed by atoms with E-state index in [0.29, 0.717) is 18.4 Å². The Kier molecular flexibility index (Phi) is 6.65. The average molecular weight is 511 g/mol. The van der Waals surface area contributed by atoms with Gasteiger partial charge < -0.3 is 9.64 Å². The third-order valence-corrected chi connectivity index (χ3v) is 7.44. The molecule has 2 aromatic carbocycles. The molecule has 10 heteroatoms. The van der Waals surface area contributed by atoms with E-state index >= 15 is 4.39 Å². The number of hydrogen-bond acceptors (Lipinski definition) is 4. The summed E-state index contributed by atoms with van der Waals surface area (Å²) in [6.45, 7) is 5.37. The number of alkyl halides is 1. The first-order chi connectivity index (χ1) is 16.3. The van der Waals surface area contributed by atoms with Gasteiger partial charge in [0.1, 0.15) is 17.2 Å². The molecule has 1 heterocycles. The third kappa shape index (κ3) is 5.48. The maximum Gasteiger partial charge on any atom is 0.410 e. The van der Waals surface area contributed by atoms with Crippen LogP contribution in [0.15, 0.2) is 42.5 Å². The van der Waals surface area contributed by atoms with Gasteiger partial charge in [-0.05, 0) is 63.3 Å². The standard InChI is InChI=1S/C25H29F3N2O4S/c1-24(2,3)34-23(31)30-14-25(10-11-25)22(29-35(32,33)15-26)20(30)13-17-7-5-9-19(21(17)28)16-6-4-8-18(27)12-16/h4-9,12,20,22,29H,10-11,13-15H2,1-3H3/t20-,22+/m0/s1. The molecule has 1 amide bonds. The summed E-state index contributed by atoms with van der Waals surface area (Å²) in [7, 11) is -4.24. The molecule has 1 aliphatic carbocycles. The molecule has 2 aliphatic rings. The molecule has 0 radical (unpaired) electrons. The Balaban J connectivity index is 1.72. The monoisotopic (exact) mass is 510 g/mol. The van der Waals surface area contributed by atoms with Crippen LogP contribution in [0.1, 0.15) is 39.2 Å². The molecular weight excluding hydrogens is 481 g/mol. The van der Waals surface area contributed by atoms with Gasteiger partial charge in [-0.2, -0.15) is 0 Å². The summed E-state index contributed by atoms with van der Waals surface area (Å²) in [5.74, 6) is -1.10. The second-order valence-electron chi connectivity index (χ2n) is 10.4. The van der Waals surface area contributed by atoms with Crippen LogP contribution in [0.3, 0.4) is 0 Å². The van der Waals surface area contributed by atoms with Crippen molar-refractivity contribution in [2.45, 2.75) is 57.7 Å². The first kappa shape index (κ1) is 25.5. The molecule has 1 N–H and O–H groups in total. The summed E-state index contributed by atoms with van der Waals surface area (Å²) in [6.07, 6.45) is 0.620. The van der Waals surface area contributed by atoms with Crippen LogP contribution in [0.5, 0.6) is 0 Å². The zero-order valence-corrected chi connectivity index (χ0v) is 20.7. The number of ether oxygens (including phenoxy) is 1. The summed E-state index contributed by atoms with van der Waals surface area (Å²) in [6, 6.07) is 7.06. The lowest BCUT2D eigenvalue weighted by Gasteiger charge is -2.31. The molecule has 0 aromatic heterocycles. The minimum atomic E-state index is -4.24. The van der Waals surface area contributed by atoms with Gasteiger partial charge in [0.25, 0.3) is 0 Å². The lowest BCUT2D eigenvalue weighted by atomic mass is 9.91. The smallest absolute Gasteiger partial charge is 0.410 e. The highest BCUT2D eigenvalue weighted by molar-refractivity contribution is 7.89. The minimum Gasteiger partial charge on any atom is -0.444 e. The molecule has 0 bridgehead atoms. The van der Waals surface area contributed by atoms with Gasteiger partial charge in [0.15, 0.2) is 0 Å². The van der Waals surface area contributed by atoms with Crippen molar-refractivity contribution < 1.29 is 31.1 Å². The van der Waals surface area contributed by atoms with Crippen molar-refractivity contribution in [3.8, 4) is 11.1 Å². The van der Waals surface area contributed by atoms with Gasteiger partial charge in [-0.3, -0.25) is 0 Å². The SMILES string of the molecule is CC(C)(C)OC(=O)N1CC2(CC2)[C@H](NS(=O)(=O)CF)[C@@H]1Cc1cccc(-c2cccc(F)c2)c1F. The highest BCUT2D eigenvalue weighted by Crippen LogP contribution is 2.55. The van der Waals surface area contributed by atoms with Crippen molar-refractivity contribution in [1.82, 2.24) is 9.62 Å². The minimum absolute atomic E-state index is 0.0323. The maximum atomic E-state index is 15.6. The van der Waals surface area contributed by atoms with E-state index in [9.17, 15) is 22.0 Å². The van der Waals surface area contributed by atoms with Crippen molar-refractivity contribution in [3.63, 3.8) is 0 Å². The molecule has 1 saturated carbocycles. The third-order valence-electron chi connectivity index (χ3n) is 6.54. The van der Waals surface area contributed by atoms with Gasteiger partial charge in [0, 0.05) is 17.5 Å². The Labute approximate surface area is 203 Å². The quantitative estimate of drug-likeness (QED) is 0.607. The summed E-state index contributed by atoms with van der Waals surface area (Å²) < 4.78 is 74.9. The summed E-state index contributed by atoms with van der Waals surface area (Å²) in [5.41, 5.74) is -0.579. The molecule has 35 heavy (non-hydrogen) atoms. The van der Waals surface area contributed by atoms with Crippen LogP contribution < -0.4 is 4.72 Å². The summed E-state index contributed by atoms with van der Waals surface area (Å²) in [4.78, 5) is 14.5. The number of carbonyl (C=O) groups excluding carboxylic acids is 1. The van der Waals surface area contributed by atoms with Gasteiger partial charge in [0.2, 0.25) is 16.0 Å². The van der Waals surface area contributed by atoms with Crippen molar-refractivity contribution in [1.29, 1.82) is 0 Å². The Hall–Kier alpha value is -2.59. The molecule has 1 saturated heterocycles. The van der Waals surface area contributed by atoms with E-state index in [1.807, 2.05) is 0 Å². The molecule has 0 unspecified atom stereocenters. The largest absolute Gasteiger partial charge is 0.444 e.